The van der Waals surface area contributed by atoms with Crippen LogP contribution in [-0.2, 0) is 21.2 Å². The first-order valence-electron chi connectivity index (χ1n) is 13.7. The second kappa shape index (κ2) is 12.7. The van der Waals surface area contributed by atoms with Crippen molar-refractivity contribution in [3.05, 3.63) is 71.9 Å². The second-order valence-corrected chi connectivity index (χ2v) is 13.2. The number of benzene rings is 2. The van der Waals surface area contributed by atoms with E-state index >= 15 is 0 Å². The molecule has 1 aliphatic heterocycles. The van der Waals surface area contributed by atoms with Crippen LogP contribution in [0.1, 0.15) is 50.2 Å². The minimum atomic E-state index is -3.85. The third kappa shape index (κ3) is 7.40. The Kier molecular flexibility index (Phi) is 9.27. The van der Waals surface area contributed by atoms with Crippen LogP contribution in [0.3, 0.4) is 0 Å². The van der Waals surface area contributed by atoms with E-state index in [1.807, 2.05) is 51.8 Å². The Balaban J connectivity index is 1.31. The van der Waals surface area contributed by atoms with Gasteiger partial charge in [0.05, 0.1) is 11.4 Å². The molecule has 1 fully saturated rings. The van der Waals surface area contributed by atoms with Gasteiger partial charge in [0.15, 0.2) is 11.5 Å². The first-order chi connectivity index (χ1) is 19.5. The van der Waals surface area contributed by atoms with Gasteiger partial charge in [-0.3, -0.25) is 9.59 Å². The van der Waals surface area contributed by atoms with E-state index < -0.39 is 20.7 Å². The summed E-state index contributed by atoms with van der Waals surface area (Å²) in [6, 6.07) is 19.2. The van der Waals surface area contributed by atoms with Crippen molar-refractivity contribution in [1.82, 2.24) is 19.8 Å². The highest BCUT2D eigenvalue weighted by Gasteiger charge is 2.31. The average Bonchev–Trinajstić information content (AvgIpc) is 2.96. The Labute approximate surface area is 241 Å². The minimum absolute atomic E-state index is 0.0831. The van der Waals surface area contributed by atoms with E-state index in [-0.39, 0.29) is 11.6 Å². The molecule has 2 heterocycles. The summed E-state index contributed by atoms with van der Waals surface area (Å²) in [6.45, 7) is 9.32. The number of hydrogen-bond acceptors (Lipinski definition) is 8. The van der Waals surface area contributed by atoms with Crippen molar-refractivity contribution in [1.29, 1.82) is 0 Å². The molecule has 0 radical (unpaired) electrons. The zero-order chi connectivity index (χ0) is 29.6. The molecule has 4 rings (SSSR count). The van der Waals surface area contributed by atoms with E-state index in [1.54, 1.807) is 6.07 Å². The Bertz CT molecular complexity index is 1480. The van der Waals surface area contributed by atoms with Crippen LogP contribution in [0.2, 0.25) is 0 Å². The summed E-state index contributed by atoms with van der Waals surface area (Å²) in [7, 11) is -3.85. The van der Waals surface area contributed by atoms with Crippen molar-refractivity contribution in [3.8, 4) is 16.9 Å². The molecule has 11 heteroatoms. The summed E-state index contributed by atoms with van der Waals surface area (Å²) in [5, 5.41) is 8.06. The molecule has 41 heavy (non-hydrogen) atoms. The van der Waals surface area contributed by atoms with Gasteiger partial charge in [0.1, 0.15) is 5.75 Å². The van der Waals surface area contributed by atoms with Crippen LogP contribution in [0.25, 0.3) is 11.1 Å². The quantitative estimate of drug-likeness (QED) is 0.408. The molecule has 3 aromatic rings. The Hall–Kier alpha value is -3.99. The predicted molar refractivity (Wildman–Crippen MR) is 158 cm³/mol. The highest BCUT2D eigenvalue weighted by atomic mass is 32.2. The van der Waals surface area contributed by atoms with E-state index in [2.05, 4.69) is 28.4 Å². The molecule has 0 unspecified atom stereocenters. The lowest BCUT2D eigenvalue weighted by atomic mass is 9.96. The maximum atomic E-state index is 13.1. The molecule has 1 aliphatic rings. The highest BCUT2D eigenvalue weighted by molar-refractivity contribution is 7.91. The van der Waals surface area contributed by atoms with E-state index in [9.17, 15) is 18.0 Å². The Morgan fingerprint density at radius 1 is 0.951 bits per heavy atom. The number of anilines is 1. The molecule has 0 spiro atoms. The summed E-state index contributed by atoms with van der Waals surface area (Å²) in [5.74, 6) is 0.666. The number of nitrogens with zero attached hydrogens (tertiary/aromatic N) is 4. The molecule has 1 aromatic heterocycles. The molecule has 1 saturated heterocycles. The maximum absolute atomic E-state index is 13.1. The van der Waals surface area contributed by atoms with Gasteiger partial charge in [-0.15, -0.1) is 10.2 Å². The molecule has 0 bridgehead atoms. The molecule has 0 atom stereocenters. The molecular weight excluding hydrogens is 542 g/mol. The lowest BCUT2D eigenvalue weighted by Crippen LogP contribution is -2.49. The van der Waals surface area contributed by atoms with E-state index in [4.69, 9.17) is 4.74 Å². The van der Waals surface area contributed by atoms with E-state index in [0.717, 1.165) is 22.4 Å². The lowest BCUT2D eigenvalue weighted by molar-refractivity contribution is -0.131. The van der Waals surface area contributed by atoms with Gasteiger partial charge in [-0.1, -0.05) is 36.4 Å². The van der Waals surface area contributed by atoms with Gasteiger partial charge in [0, 0.05) is 32.6 Å². The van der Waals surface area contributed by atoms with Gasteiger partial charge in [0.2, 0.25) is 15.9 Å². The second-order valence-electron chi connectivity index (χ2n) is 10.8. The SMILES string of the molecule is CCOc1cccc(-c2ccccc2CCC(=O)N2CCN(c3ccc(C(=O)NS(=O)(=O)C(C)(C)C)nn3)CC2)c1. The maximum Gasteiger partial charge on any atom is 0.285 e. The Morgan fingerprint density at radius 2 is 1.68 bits per heavy atom. The normalized spacial score (nSPS) is 14.0. The number of piperazine rings is 1. The van der Waals surface area contributed by atoms with E-state index in [1.165, 1.54) is 26.8 Å². The average molecular weight is 580 g/mol. The number of carbonyl (C=O) groups excluding carboxylic acids is 2. The first-order valence-corrected chi connectivity index (χ1v) is 15.2. The zero-order valence-electron chi connectivity index (χ0n) is 24.0. The minimum Gasteiger partial charge on any atom is -0.494 e. The number of sulfonamides is 1. The molecule has 2 aromatic carbocycles. The summed E-state index contributed by atoms with van der Waals surface area (Å²) in [6.07, 6.45) is 1.04. The highest BCUT2D eigenvalue weighted by Crippen LogP contribution is 2.28. The fourth-order valence-corrected chi connectivity index (χ4v) is 5.12. The van der Waals surface area contributed by atoms with Gasteiger partial charge in [-0.25, -0.2) is 13.1 Å². The van der Waals surface area contributed by atoms with Crippen molar-refractivity contribution in [2.45, 2.75) is 45.3 Å². The van der Waals surface area contributed by atoms with Gasteiger partial charge in [0.25, 0.3) is 5.91 Å². The topological polar surface area (TPSA) is 122 Å². The van der Waals surface area contributed by atoms with Gasteiger partial charge < -0.3 is 14.5 Å². The van der Waals surface area contributed by atoms with Crippen LogP contribution in [0.4, 0.5) is 5.82 Å². The van der Waals surface area contributed by atoms with Crippen LogP contribution in [0.15, 0.2) is 60.7 Å². The summed E-state index contributed by atoms with van der Waals surface area (Å²) in [5.41, 5.74) is 3.19. The molecule has 10 nitrogen and oxygen atoms in total. The van der Waals surface area contributed by atoms with Crippen molar-refractivity contribution >= 4 is 27.7 Å². The number of ether oxygens (including phenoxy) is 1. The fraction of sp³-hybridized carbons (Fsp3) is 0.400. The fourth-order valence-electron chi connectivity index (χ4n) is 4.47. The molecule has 0 aliphatic carbocycles. The largest absolute Gasteiger partial charge is 0.494 e. The number of aryl methyl sites for hydroxylation is 1. The van der Waals surface area contributed by atoms with Crippen molar-refractivity contribution in [2.24, 2.45) is 0 Å². The smallest absolute Gasteiger partial charge is 0.285 e. The summed E-state index contributed by atoms with van der Waals surface area (Å²) in [4.78, 5) is 29.3. The standard InChI is InChI=1S/C30H37N5O5S/c1-5-40-24-11-8-10-23(21-24)25-12-7-6-9-22(25)13-16-28(36)35-19-17-34(18-20-35)27-15-14-26(31-32-27)29(37)33-41(38,39)30(2,3)4/h6-12,14-15,21H,5,13,16-20H2,1-4H3,(H,33,37). The van der Waals surface area contributed by atoms with Gasteiger partial charge in [-0.05, 0) is 75.1 Å². The number of amides is 2. The van der Waals surface area contributed by atoms with Gasteiger partial charge >= 0.3 is 0 Å². The molecule has 2 amide bonds. The number of hydrogen-bond donors (Lipinski definition) is 1. The summed E-state index contributed by atoms with van der Waals surface area (Å²) >= 11 is 0. The Morgan fingerprint density at radius 3 is 2.34 bits per heavy atom. The number of carbonyl (C=O) groups is 2. The monoisotopic (exact) mass is 579 g/mol. The van der Waals surface area contributed by atoms with E-state index in [0.29, 0.717) is 51.4 Å². The van der Waals surface area contributed by atoms with Crippen LogP contribution >= 0.6 is 0 Å². The number of aromatic nitrogens is 2. The van der Waals surface area contributed by atoms with Crippen LogP contribution < -0.4 is 14.4 Å². The summed E-state index contributed by atoms with van der Waals surface area (Å²) < 4.78 is 31.1. The van der Waals surface area contributed by atoms with Crippen LogP contribution in [0.5, 0.6) is 5.75 Å². The first kappa shape index (κ1) is 30.0. The van der Waals surface area contributed by atoms with Crippen molar-refractivity contribution < 1.29 is 22.7 Å². The van der Waals surface area contributed by atoms with Gasteiger partial charge in [-0.2, -0.15) is 0 Å². The van der Waals surface area contributed by atoms with Crippen molar-refractivity contribution in [3.63, 3.8) is 0 Å². The molecule has 218 valence electrons. The molecule has 1 N–H and O–H groups in total. The van der Waals surface area contributed by atoms with Crippen LogP contribution in [-0.4, -0.2) is 72.9 Å². The molecule has 0 saturated carbocycles. The predicted octanol–water partition coefficient (Wildman–Crippen LogP) is 3.68. The number of rotatable bonds is 9. The lowest BCUT2D eigenvalue weighted by Gasteiger charge is -2.35. The molecular formula is C30H37N5O5S. The van der Waals surface area contributed by atoms with Crippen LogP contribution in [0, 0.1) is 0 Å². The number of nitrogens with one attached hydrogen (secondary N) is 1. The van der Waals surface area contributed by atoms with Crippen molar-refractivity contribution in [2.75, 3.05) is 37.7 Å². The third-order valence-corrected chi connectivity index (χ3v) is 9.02. The zero-order valence-corrected chi connectivity index (χ0v) is 24.8. The third-order valence-electron chi connectivity index (χ3n) is 6.95.